The molecule has 1 aliphatic rings. The summed E-state index contributed by atoms with van der Waals surface area (Å²) >= 11 is 0. The largest absolute Gasteiger partial charge is 0.493 e. The molecule has 1 amide bonds. The number of carbonyl (C=O) groups is 2. The normalized spacial score (nSPS) is 11.9. The van der Waals surface area contributed by atoms with E-state index in [1.54, 1.807) is 30.3 Å². The summed E-state index contributed by atoms with van der Waals surface area (Å²) in [6.07, 6.45) is 0. The van der Waals surface area contributed by atoms with Crippen molar-refractivity contribution in [2.75, 3.05) is 32.2 Å². The average Bonchev–Trinajstić information content (AvgIpc) is 2.86. The van der Waals surface area contributed by atoms with Crippen molar-refractivity contribution in [2.45, 2.75) is 6.61 Å². The lowest BCUT2D eigenvalue weighted by molar-refractivity contribution is -0.119. The van der Waals surface area contributed by atoms with Gasteiger partial charge in [0, 0.05) is 11.8 Å². The molecule has 0 aromatic heterocycles. The molecule has 0 atom stereocenters. The molecule has 0 fully saturated rings. The minimum Gasteiger partial charge on any atom is -0.493 e. The predicted octanol–water partition coefficient (Wildman–Crippen LogP) is 3.84. The summed E-state index contributed by atoms with van der Waals surface area (Å²) in [6.45, 7) is 0.851. The molecule has 1 aliphatic heterocycles. The average molecular weight is 449 g/mol. The lowest BCUT2D eigenvalue weighted by Crippen LogP contribution is -2.21. The molecule has 0 spiro atoms. The molecule has 33 heavy (non-hydrogen) atoms. The van der Waals surface area contributed by atoms with Gasteiger partial charge in [-0.2, -0.15) is 0 Å². The number of esters is 1. The maximum Gasteiger partial charge on any atom is 0.338 e. The highest BCUT2D eigenvalue weighted by Gasteiger charge is 2.16. The monoisotopic (exact) mass is 449 g/mol. The van der Waals surface area contributed by atoms with Crippen molar-refractivity contribution in [3.63, 3.8) is 0 Å². The van der Waals surface area contributed by atoms with Crippen molar-refractivity contribution >= 4 is 17.6 Å². The Kier molecular flexibility index (Phi) is 6.94. The zero-order chi connectivity index (χ0) is 23.0. The standard InChI is InChI=1S/C25H23NO7/c1-29-22-13-18(7-9-20(22)32-15-17-5-3-2-4-6-17)25(28)33-16-24(27)26-19-8-10-21-23(14-19)31-12-11-30-21/h2-10,13-14H,11-12,15-16H2,1H3,(H,26,27). The van der Waals surface area contributed by atoms with E-state index in [2.05, 4.69) is 5.32 Å². The summed E-state index contributed by atoms with van der Waals surface area (Å²) in [5, 5.41) is 2.67. The van der Waals surface area contributed by atoms with Crippen LogP contribution in [0.5, 0.6) is 23.0 Å². The Morgan fingerprint density at radius 2 is 1.70 bits per heavy atom. The number of nitrogens with one attached hydrogen (secondary N) is 1. The molecule has 3 aromatic rings. The molecule has 0 radical (unpaired) electrons. The van der Waals surface area contributed by atoms with Crippen LogP contribution in [0.1, 0.15) is 15.9 Å². The number of benzene rings is 3. The van der Waals surface area contributed by atoms with Crippen molar-refractivity contribution in [3.05, 3.63) is 77.9 Å². The summed E-state index contributed by atoms with van der Waals surface area (Å²) < 4.78 is 27.2. The topological polar surface area (TPSA) is 92.3 Å². The fourth-order valence-electron chi connectivity index (χ4n) is 3.18. The molecule has 0 saturated heterocycles. The van der Waals surface area contributed by atoms with E-state index in [1.165, 1.54) is 13.2 Å². The fourth-order valence-corrected chi connectivity index (χ4v) is 3.18. The molecule has 170 valence electrons. The number of amides is 1. The second-order valence-electron chi connectivity index (χ2n) is 7.12. The molecule has 4 rings (SSSR count). The highest BCUT2D eigenvalue weighted by atomic mass is 16.6. The van der Waals surface area contributed by atoms with Crippen LogP contribution in [0.2, 0.25) is 0 Å². The van der Waals surface area contributed by atoms with Crippen LogP contribution in [0.4, 0.5) is 5.69 Å². The van der Waals surface area contributed by atoms with Crippen LogP contribution in [0.25, 0.3) is 0 Å². The van der Waals surface area contributed by atoms with Gasteiger partial charge < -0.3 is 29.0 Å². The third-order valence-electron chi connectivity index (χ3n) is 4.80. The summed E-state index contributed by atoms with van der Waals surface area (Å²) in [4.78, 5) is 24.6. The molecule has 8 nitrogen and oxygen atoms in total. The van der Waals surface area contributed by atoms with Crippen LogP contribution in [0.15, 0.2) is 66.7 Å². The Hall–Kier alpha value is -4.20. The molecular weight excluding hydrogens is 426 g/mol. The number of ether oxygens (including phenoxy) is 5. The van der Waals surface area contributed by atoms with Crippen molar-refractivity contribution in [1.29, 1.82) is 0 Å². The molecule has 0 bridgehead atoms. The first-order valence-corrected chi connectivity index (χ1v) is 10.3. The molecule has 0 saturated carbocycles. The Morgan fingerprint density at radius 1 is 0.909 bits per heavy atom. The zero-order valence-corrected chi connectivity index (χ0v) is 18.0. The predicted molar refractivity (Wildman–Crippen MR) is 120 cm³/mol. The fraction of sp³-hybridized carbons (Fsp3) is 0.200. The van der Waals surface area contributed by atoms with Crippen LogP contribution in [-0.2, 0) is 16.1 Å². The first-order chi connectivity index (χ1) is 16.1. The number of fused-ring (bicyclic) bond motifs is 1. The first kappa shape index (κ1) is 22.0. The van der Waals surface area contributed by atoms with Gasteiger partial charge in [0.25, 0.3) is 5.91 Å². The van der Waals surface area contributed by atoms with E-state index in [4.69, 9.17) is 23.7 Å². The zero-order valence-electron chi connectivity index (χ0n) is 18.0. The molecule has 3 aromatic carbocycles. The summed E-state index contributed by atoms with van der Waals surface area (Å²) in [6, 6.07) is 19.5. The van der Waals surface area contributed by atoms with Gasteiger partial charge in [0.2, 0.25) is 0 Å². The van der Waals surface area contributed by atoms with E-state index >= 15 is 0 Å². The third-order valence-corrected chi connectivity index (χ3v) is 4.80. The summed E-state index contributed by atoms with van der Waals surface area (Å²) in [5.74, 6) is 0.930. The van der Waals surface area contributed by atoms with Crippen molar-refractivity contribution in [2.24, 2.45) is 0 Å². The minimum atomic E-state index is -0.653. The summed E-state index contributed by atoms with van der Waals surface area (Å²) in [7, 11) is 1.49. The van der Waals surface area contributed by atoms with Crippen LogP contribution < -0.4 is 24.3 Å². The smallest absolute Gasteiger partial charge is 0.338 e. The summed E-state index contributed by atoms with van der Waals surface area (Å²) in [5.41, 5.74) is 1.76. The number of hydrogen-bond acceptors (Lipinski definition) is 7. The van der Waals surface area contributed by atoms with E-state index in [9.17, 15) is 9.59 Å². The Labute approximate surface area is 191 Å². The molecule has 1 N–H and O–H groups in total. The molecule has 8 heteroatoms. The van der Waals surface area contributed by atoms with Crippen molar-refractivity contribution < 1.29 is 33.3 Å². The number of rotatable bonds is 8. The van der Waals surface area contributed by atoms with Crippen LogP contribution in [-0.4, -0.2) is 38.8 Å². The van der Waals surface area contributed by atoms with Crippen LogP contribution in [0, 0.1) is 0 Å². The van der Waals surface area contributed by atoms with Gasteiger partial charge in [-0.3, -0.25) is 4.79 Å². The molecule has 1 heterocycles. The van der Waals surface area contributed by atoms with Gasteiger partial charge in [-0.15, -0.1) is 0 Å². The highest BCUT2D eigenvalue weighted by molar-refractivity contribution is 5.96. The van der Waals surface area contributed by atoms with Gasteiger partial charge in [0.1, 0.15) is 19.8 Å². The van der Waals surface area contributed by atoms with Gasteiger partial charge in [-0.05, 0) is 35.9 Å². The third kappa shape index (κ3) is 5.74. The van der Waals surface area contributed by atoms with E-state index in [0.29, 0.717) is 48.5 Å². The first-order valence-electron chi connectivity index (χ1n) is 10.3. The number of hydrogen-bond donors (Lipinski definition) is 1. The Morgan fingerprint density at radius 3 is 2.48 bits per heavy atom. The van der Waals surface area contributed by atoms with E-state index in [0.717, 1.165) is 5.56 Å². The molecule has 0 unspecified atom stereocenters. The number of anilines is 1. The van der Waals surface area contributed by atoms with Crippen LogP contribution >= 0.6 is 0 Å². The number of methoxy groups -OCH3 is 1. The van der Waals surface area contributed by atoms with Gasteiger partial charge in [-0.1, -0.05) is 30.3 Å². The van der Waals surface area contributed by atoms with Gasteiger partial charge in [0.05, 0.1) is 12.7 Å². The van der Waals surface area contributed by atoms with E-state index in [-0.39, 0.29) is 5.56 Å². The highest BCUT2D eigenvalue weighted by Crippen LogP contribution is 2.32. The van der Waals surface area contributed by atoms with Crippen LogP contribution in [0.3, 0.4) is 0 Å². The SMILES string of the molecule is COc1cc(C(=O)OCC(=O)Nc2ccc3c(c2)OCCO3)ccc1OCc1ccccc1. The van der Waals surface area contributed by atoms with E-state index < -0.39 is 18.5 Å². The minimum absolute atomic E-state index is 0.242. The Bertz CT molecular complexity index is 1130. The van der Waals surface area contributed by atoms with Gasteiger partial charge in [-0.25, -0.2) is 4.79 Å². The molecular formula is C25H23NO7. The molecule has 0 aliphatic carbocycles. The lowest BCUT2D eigenvalue weighted by atomic mass is 10.2. The van der Waals surface area contributed by atoms with Gasteiger partial charge in [0.15, 0.2) is 29.6 Å². The Balaban J connectivity index is 1.31. The maximum atomic E-state index is 12.4. The second-order valence-corrected chi connectivity index (χ2v) is 7.12. The maximum absolute atomic E-state index is 12.4. The van der Waals surface area contributed by atoms with E-state index in [1.807, 2.05) is 30.3 Å². The van der Waals surface area contributed by atoms with Gasteiger partial charge >= 0.3 is 5.97 Å². The number of carbonyl (C=O) groups excluding carboxylic acids is 2. The van der Waals surface area contributed by atoms with Crippen molar-refractivity contribution in [3.8, 4) is 23.0 Å². The quantitative estimate of drug-likeness (QED) is 0.523. The van der Waals surface area contributed by atoms with Crippen molar-refractivity contribution in [1.82, 2.24) is 0 Å². The second kappa shape index (κ2) is 10.4. The lowest BCUT2D eigenvalue weighted by Gasteiger charge is -2.19.